The highest BCUT2D eigenvalue weighted by atomic mass is 16.5. The van der Waals surface area contributed by atoms with Crippen LogP contribution in [0.4, 0.5) is 5.82 Å². The number of fused-ring (bicyclic) bond motifs is 4. The summed E-state index contributed by atoms with van der Waals surface area (Å²) in [5.41, 5.74) is 3.86. The summed E-state index contributed by atoms with van der Waals surface area (Å²) in [6.07, 6.45) is 7.18. The van der Waals surface area contributed by atoms with Crippen molar-refractivity contribution in [2.75, 3.05) is 64.2 Å². The molecule has 3 aromatic heterocycles. The molecule has 1 atom stereocenters. The standard InChI is InChI=1S/C42H44N6O9/c1-46-34-12-13-43-23-33(34)30-7-4-27(20-36(30)46)28-5-10-37(44-22-28)47-24-42(53,25-47)26-56-17-3-15-54-14-2-16-55-18-19-57-29-6-8-31-32(21-29)41(52)48(40(31)51)35-9-11-38(49)45-39(35)50/h4-8,10,12-13,20-23,35,53H,2-3,9,11,14-19,24-26H2,1H3,(H,45,49,50). The van der Waals surface area contributed by atoms with Crippen LogP contribution in [0, 0.1) is 0 Å². The number of rotatable bonds is 17. The van der Waals surface area contributed by atoms with Crippen LogP contribution in [0.25, 0.3) is 32.9 Å². The van der Waals surface area contributed by atoms with Gasteiger partial charge in [0.25, 0.3) is 11.8 Å². The number of hydrogen-bond donors (Lipinski definition) is 2. The first-order valence-electron chi connectivity index (χ1n) is 19.2. The Morgan fingerprint density at radius 2 is 1.54 bits per heavy atom. The lowest BCUT2D eigenvalue weighted by Gasteiger charge is -2.46. The summed E-state index contributed by atoms with van der Waals surface area (Å²) in [6, 6.07) is 16.1. The molecule has 0 aliphatic carbocycles. The Morgan fingerprint density at radius 1 is 0.789 bits per heavy atom. The molecule has 4 amide bonds. The summed E-state index contributed by atoms with van der Waals surface area (Å²) >= 11 is 0. The Kier molecular flexibility index (Phi) is 11.0. The molecule has 0 radical (unpaired) electrons. The van der Waals surface area contributed by atoms with E-state index in [2.05, 4.69) is 51.2 Å². The van der Waals surface area contributed by atoms with Gasteiger partial charge in [-0.3, -0.25) is 34.4 Å². The van der Waals surface area contributed by atoms with Gasteiger partial charge in [-0.15, -0.1) is 0 Å². The number of hydrogen-bond acceptors (Lipinski definition) is 12. The normalized spacial score (nSPS) is 17.7. The van der Waals surface area contributed by atoms with Crippen molar-refractivity contribution in [1.29, 1.82) is 0 Å². The van der Waals surface area contributed by atoms with E-state index in [-0.39, 0.29) is 37.2 Å². The Hall–Kier alpha value is -5.74. The van der Waals surface area contributed by atoms with Crippen molar-refractivity contribution in [2.24, 2.45) is 7.05 Å². The first-order valence-corrected chi connectivity index (χ1v) is 19.2. The van der Waals surface area contributed by atoms with Gasteiger partial charge in [0.1, 0.15) is 29.8 Å². The van der Waals surface area contributed by atoms with Gasteiger partial charge < -0.3 is 33.5 Å². The van der Waals surface area contributed by atoms with Gasteiger partial charge in [-0.1, -0.05) is 12.1 Å². The fraction of sp³-hybridized carbons (Fsp3) is 0.381. The van der Waals surface area contributed by atoms with Crippen LogP contribution in [0.5, 0.6) is 5.75 Å². The molecule has 3 aliphatic heterocycles. The summed E-state index contributed by atoms with van der Waals surface area (Å²) in [4.78, 5) is 61.5. The second kappa shape index (κ2) is 16.4. The van der Waals surface area contributed by atoms with Crippen molar-refractivity contribution in [3.8, 4) is 16.9 Å². The van der Waals surface area contributed by atoms with Crippen LogP contribution in [0.2, 0.25) is 0 Å². The molecule has 5 aromatic rings. The number of nitrogens with one attached hydrogen (secondary N) is 1. The van der Waals surface area contributed by atoms with Gasteiger partial charge in [0.05, 0.1) is 42.9 Å². The number of nitrogens with zero attached hydrogens (tertiary/aromatic N) is 5. The fourth-order valence-corrected chi connectivity index (χ4v) is 7.65. The van der Waals surface area contributed by atoms with E-state index in [1.54, 1.807) is 6.07 Å². The lowest BCUT2D eigenvalue weighted by atomic mass is 9.95. The Labute approximate surface area is 328 Å². The van der Waals surface area contributed by atoms with Crippen molar-refractivity contribution in [3.63, 3.8) is 0 Å². The number of β-amino-alcohol motifs (C(OH)–C–C–N with tert-alkyl or cyclic N) is 1. The highest BCUT2D eigenvalue weighted by Gasteiger charge is 2.45. The molecule has 15 nitrogen and oxygen atoms in total. The van der Waals surface area contributed by atoms with Crippen molar-refractivity contribution >= 4 is 51.3 Å². The molecule has 1 unspecified atom stereocenters. The van der Waals surface area contributed by atoms with Crippen molar-refractivity contribution in [1.82, 2.24) is 24.8 Å². The number of piperidine rings is 1. The molecule has 2 saturated heterocycles. The van der Waals surface area contributed by atoms with Crippen LogP contribution in [-0.2, 0) is 30.8 Å². The second-order valence-electron chi connectivity index (χ2n) is 14.7. The minimum Gasteiger partial charge on any atom is -0.491 e. The molecule has 2 aromatic carbocycles. The smallest absolute Gasteiger partial charge is 0.262 e. The van der Waals surface area contributed by atoms with Crippen LogP contribution in [-0.4, -0.2) is 119 Å². The van der Waals surface area contributed by atoms with Gasteiger partial charge in [0.15, 0.2) is 0 Å². The van der Waals surface area contributed by atoms with E-state index in [9.17, 15) is 24.3 Å². The summed E-state index contributed by atoms with van der Waals surface area (Å²) in [5.74, 6) is -0.982. The third-order valence-corrected chi connectivity index (χ3v) is 10.6. The van der Waals surface area contributed by atoms with Gasteiger partial charge in [-0.25, -0.2) is 4.98 Å². The van der Waals surface area contributed by atoms with E-state index >= 15 is 0 Å². The number of carbonyl (C=O) groups is 4. The number of pyridine rings is 2. The second-order valence-corrected chi connectivity index (χ2v) is 14.7. The van der Waals surface area contributed by atoms with E-state index in [1.165, 1.54) is 17.5 Å². The number of aryl methyl sites for hydroxylation is 1. The minimum absolute atomic E-state index is 0.0630. The van der Waals surface area contributed by atoms with Gasteiger partial charge in [0, 0.05) is 80.3 Å². The zero-order valence-electron chi connectivity index (χ0n) is 31.6. The van der Waals surface area contributed by atoms with Crippen LogP contribution in [0.15, 0.2) is 73.2 Å². The van der Waals surface area contributed by atoms with E-state index in [1.807, 2.05) is 35.6 Å². The fourth-order valence-electron chi connectivity index (χ4n) is 7.65. The van der Waals surface area contributed by atoms with E-state index in [0.717, 1.165) is 38.3 Å². The van der Waals surface area contributed by atoms with Crippen molar-refractivity contribution in [2.45, 2.75) is 37.3 Å². The molecule has 3 aliphatic rings. The predicted molar refractivity (Wildman–Crippen MR) is 209 cm³/mol. The maximum absolute atomic E-state index is 13.0. The zero-order valence-corrected chi connectivity index (χ0v) is 31.6. The molecular formula is C42H44N6O9. The first-order chi connectivity index (χ1) is 27.7. The van der Waals surface area contributed by atoms with E-state index in [0.29, 0.717) is 64.7 Å². The van der Waals surface area contributed by atoms with Gasteiger partial charge in [0.2, 0.25) is 11.8 Å². The Balaban J connectivity index is 0.664. The third-order valence-electron chi connectivity index (χ3n) is 10.6. The number of amides is 4. The lowest BCUT2D eigenvalue weighted by molar-refractivity contribution is -0.136. The zero-order chi connectivity index (χ0) is 39.5. The van der Waals surface area contributed by atoms with Crippen LogP contribution in [0.1, 0.15) is 46.4 Å². The maximum Gasteiger partial charge on any atom is 0.262 e. The SMILES string of the molecule is Cn1c2ccncc2c2ccc(-c3ccc(N4CC(O)(COCCCOCCCOCCOc5ccc6c(c5)C(=O)N(C5CCC(=O)NC5=O)C6=O)C4)nc3)cc21. The quantitative estimate of drug-likeness (QED) is 0.104. The molecule has 15 heteroatoms. The van der Waals surface area contributed by atoms with Crippen LogP contribution in [0.3, 0.4) is 0 Å². The molecule has 0 spiro atoms. The molecular weight excluding hydrogens is 732 g/mol. The van der Waals surface area contributed by atoms with Crippen LogP contribution >= 0.6 is 0 Å². The van der Waals surface area contributed by atoms with Crippen LogP contribution < -0.4 is 15.0 Å². The highest BCUT2D eigenvalue weighted by molar-refractivity contribution is 6.23. The van der Waals surface area contributed by atoms with Crippen molar-refractivity contribution < 1.29 is 43.2 Å². The topological polar surface area (TPSA) is 175 Å². The molecule has 2 fully saturated rings. The lowest BCUT2D eigenvalue weighted by Crippen LogP contribution is -2.64. The predicted octanol–water partition coefficient (Wildman–Crippen LogP) is 3.65. The monoisotopic (exact) mass is 776 g/mol. The van der Waals surface area contributed by atoms with Crippen molar-refractivity contribution in [3.05, 3.63) is 84.3 Å². The molecule has 296 valence electrons. The maximum atomic E-state index is 13.0. The summed E-state index contributed by atoms with van der Waals surface area (Å²) in [7, 11) is 2.07. The van der Waals surface area contributed by atoms with Gasteiger partial charge in [-0.2, -0.15) is 0 Å². The summed E-state index contributed by atoms with van der Waals surface area (Å²) < 4.78 is 25.0. The van der Waals surface area contributed by atoms with E-state index in [4.69, 9.17) is 18.9 Å². The molecule has 6 heterocycles. The number of carbonyl (C=O) groups excluding carboxylic acids is 4. The third kappa shape index (κ3) is 7.96. The summed E-state index contributed by atoms with van der Waals surface area (Å²) in [5, 5.41) is 15.4. The minimum atomic E-state index is -1.01. The molecule has 2 N–H and O–H groups in total. The number of aromatic nitrogens is 3. The molecule has 8 rings (SSSR count). The first kappa shape index (κ1) is 38.1. The molecule has 0 saturated carbocycles. The highest BCUT2D eigenvalue weighted by Crippen LogP contribution is 2.33. The number of ether oxygens (including phenoxy) is 4. The Morgan fingerprint density at radius 3 is 2.32 bits per heavy atom. The molecule has 57 heavy (non-hydrogen) atoms. The van der Waals surface area contributed by atoms with Gasteiger partial charge in [-0.05, 0) is 67.3 Å². The number of benzene rings is 2. The number of anilines is 1. The average Bonchev–Trinajstić information content (AvgIpc) is 3.63. The molecule has 0 bridgehead atoms. The largest absolute Gasteiger partial charge is 0.491 e. The summed E-state index contributed by atoms with van der Waals surface area (Å²) in [6.45, 7) is 3.76. The van der Waals surface area contributed by atoms with E-state index < -0.39 is 35.3 Å². The van der Waals surface area contributed by atoms with Gasteiger partial charge >= 0.3 is 0 Å². The average molecular weight is 777 g/mol. The number of aliphatic hydroxyl groups is 1. The Bertz CT molecular complexity index is 2320. The number of imide groups is 2.